The lowest BCUT2D eigenvalue weighted by atomic mass is 10.1. The molecule has 8 N–H and O–H groups in total. The number of alkyl carbamates (subject to hydrolysis) is 2. The molecule has 0 saturated carbocycles. The van der Waals surface area contributed by atoms with Crippen molar-refractivity contribution < 1.29 is 52.5 Å². The third kappa shape index (κ3) is 19.8. The molecule has 0 heterocycles. The number of aliphatic imine (C=N–C) groups is 2. The highest BCUT2D eigenvalue weighted by molar-refractivity contribution is 5.98. The summed E-state index contributed by atoms with van der Waals surface area (Å²) in [6.07, 6.45) is -2.98. The minimum atomic E-state index is -1.31. The molecule has 0 aliphatic rings. The highest BCUT2D eigenvalue weighted by Crippen LogP contribution is 2.09. The summed E-state index contributed by atoms with van der Waals surface area (Å²) in [4.78, 5) is 97.7. The number of nitrogens with two attached hydrogens (primary N) is 2. The molecule has 20 heteroatoms. The number of nitrogens with zero attached hydrogens (tertiary/aromatic N) is 3. The second kappa shape index (κ2) is 28.4. The first-order valence-electron chi connectivity index (χ1n) is 20.8. The first-order chi connectivity index (χ1) is 32.0. The van der Waals surface area contributed by atoms with Gasteiger partial charge >= 0.3 is 24.4 Å². The molecule has 0 unspecified atom stereocenters. The number of guanidine groups is 2. The number of rotatable bonds is 22. The fraction of sp³-hybridized carbons (Fsp3) is 0.283. The Balaban J connectivity index is 1.33. The van der Waals surface area contributed by atoms with Crippen LogP contribution in [0.25, 0.3) is 0 Å². The van der Waals surface area contributed by atoms with Gasteiger partial charge in [-0.25, -0.2) is 24.1 Å². The summed E-state index contributed by atoms with van der Waals surface area (Å²) >= 11 is 0. The Hall–Kier alpha value is -8.29. The molecule has 0 radical (unpaired) electrons. The Morgan fingerprint density at radius 2 is 1.12 bits per heavy atom. The van der Waals surface area contributed by atoms with E-state index in [2.05, 4.69) is 31.3 Å². The van der Waals surface area contributed by atoms with Crippen LogP contribution in [0.3, 0.4) is 0 Å². The Morgan fingerprint density at radius 1 is 0.621 bits per heavy atom. The Kier molecular flexibility index (Phi) is 21.7. The molecular weight excluding hydrogens is 855 g/mol. The highest BCUT2D eigenvalue weighted by atomic mass is 16.6. The lowest BCUT2D eigenvalue weighted by molar-refractivity contribution is -0.128. The molecule has 0 aromatic heterocycles. The van der Waals surface area contributed by atoms with E-state index in [1.807, 2.05) is 18.2 Å². The quantitative estimate of drug-likeness (QED) is 0.0213. The molecule has 4 rings (SSSR count). The second-order valence-electron chi connectivity index (χ2n) is 14.2. The van der Waals surface area contributed by atoms with E-state index in [0.29, 0.717) is 23.0 Å². The van der Waals surface area contributed by atoms with Gasteiger partial charge < -0.3 is 51.2 Å². The Labute approximate surface area is 381 Å². The molecule has 6 amide bonds. The average molecular weight is 908 g/mol. The predicted molar refractivity (Wildman–Crippen MR) is 241 cm³/mol. The summed E-state index contributed by atoms with van der Waals surface area (Å²) in [5.74, 6) is -2.25. The Bertz CT molecular complexity index is 2230. The number of nitrogens with one attached hydrogen (secondary N) is 4. The van der Waals surface area contributed by atoms with E-state index in [4.69, 9.17) is 30.4 Å². The molecule has 4 aromatic rings. The first-order valence-corrected chi connectivity index (χ1v) is 20.8. The first kappa shape index (κ1) is 50.4. The molecule has 2 atom stereocenters. The molecule has 348 valence electrons. The van der Waals surface area contributed by atoms with Gasteiger partial charge in [-0.2, -0.15) is 0 Å². The van der Waals surface area contributed by atoms with Crippen molar-refractivity contribution in [3.05, 3.63) is 144 Å². The van der Waals surface area contributed by atoms with Crippen LogP contribution < -0.4 is 32.7 Å². The molecular formula is C46H53N9O11. The SMILES string of the molecule is NC(=NCCC[C@@H](C=O)NC(=O)CNC(=O)[C@@H](CCCN(C(=O)OCc1ccccc1)C(N)=NC(=O)OCc1ccccc1)NC(=O)OCc1ccccc1)NC(=O)OCc1ccccc1. The largest absolute Gasteiger partial charge is 0.445 e. The number of aldehydes is 1. The van der Waals surface area contributed by atoms with Crippen molar-refractivity contribution >= 4 is 54.4 Å². The van der Waals surface area contributed by atoms with Gasteiger partial charge in [0.25, 0.3) is 0 Å². The minimum absolute atomic E-state index is 0.0242. The zero-order chi connectivity index (χ0) is 47.4. The normalized spacial score (nSPS) is 12.0. The fourth-order valence-corrected chi connectivity index (χ4v) is 5.77. The lowest BCUT2D eigenvalue weighted by Gasteiger charge is -2.23. The van der Waals surface area contributed by atoms with Gasteiger partial charge in [-0.3, -0.25) is 19.9 Å². The van der Waals surface area contributed by atoms with E-state index < -0.39 is 60.8 Å². The monoisotopic (exact) mass is 907 g/mol. The lowest BCUT2D eigenvalue weighted by Crippen LogP contribution is -2.50. The van der Waals surface area contributed by atoms with Crippen LogP contribution in [0, 0.1) is 0 Å². The van der Waals surface area contributed by atoms with E-state index in [1.165, 1.54) is 0 Å². The highest BCUT2D eigenvalue weighted by Gasteiger charge is 2.26. The standard InChI is InChI=1S/C46H53N9O11/c47-41(53-44(60)64-30-34-17-7-2-8-18-34)49-25-13-23-37(28-56)51-39(57)27-50-40(58)38(52-43(59)63-29-33-15-5-1-6-16-33)24-14-26-55(46(62)66-32-36-21-11-4-12-22-36)42(48)54-45(61)65-31-35-19-9-3-10-20-35/h1-12,15-22,28,37-38H,13-14,23-27,29-32H2,(H,50,58)(H,51,57)(H,52,59)(H2,48,54,61)(H3,47,49,53,60)/t37-,38+/m0/s1. The maximum Gasteiger partial charge on any atom is 0.437 e. The summed E-state index contributed by atoms with van der Waals surface area (Å²) in [6.45, 7) is -1.04. The summed E-state index contributed by atoms with van der Waals surface area (Å²) in [7, 11) is 0. The van der Waals surface area contributed by atoms with Gasteiger partial charge in [0.2, 0.25) is 17.8 Å². The maximum atomic E-state index is 13.5. The molecule has 0 aliphatic carbocycles. The molecule has 0 saturated heterocycles. The van der Waals surface area contributed by atoms with Crippen LogP contribution in [0.5, 0.6) is 0 Å². The van der Waals surface area contributed by atoms with Crippen LogP contribution in [0.15, 0.2) is 131 Å². The van der Waals surface area contributed by atoms with Crippen molar-refractivity contribution in [2.24, 2.45) is 21.5 Å². The van der Waals surface area contributed by atoms with Crippen LogP contribution >= 0.6 is 0 Å². The van der Waals surface area contributed by atoms with Gasteiger partial charge in [-0.15, -0.1) is 4.99 Å². The van der Waals surface area contributed by atoms with E-state index >= 15 is 0 Å². The van der Waals surface area contributed by atoms with Crippen molar-refractivity contribution in [1.29, 1.82) is 0 Å². The van der Waals surface area contributed by atoms with Crippen LogP contribution in [0.1, 0.15) is 47.9 Å². The maximum absolute atomic E-state index is 13.5. The second-order valence-corrected chi connectivity index (χ2v) is 14.2. The van der Waals surface area contributed by atoms with E-state index in [9.17, 15) is 33.6 Å². The van der Waals surface area contributed by atoms with Gasteiger partial charge in [0.1, 0.15) is 38.8 Å². The predicted octanol–water partition coefficient (Wildman–Crippen LogP) is 4.17. The fourth-order valence-electron chi connectivity index (χ4n) is 5.77. The van der Waals surface area contributed by atoms with Gasteiger partial charge in [0.05, 0.1) is 12.6 Å². The zero-order valence-corrected chi connectivity index (χ0v) is 36.0. The van der Waals surface area contributed by atoms with E-state index in [1.54, 1.807) is 103 Å². The molecule has 0 spiro atoms. The molecule has 0 aliphatic heterocycles. The summed E-state index contributed by atoms with van der Waals surface area (Å²) in [5.41, 5.74) is 14.7. The van der Waals surface area contributed by atoms with E-state index in [0.717, 1.165) is 10.5 Å². The minimum Gasteiger partial charge on any atom is -0.445 e. The summed E-state index contributed by atoms with van der Waals surface area (Å²) < 4.78 is 21.1. The topological polar surface area (TPSA) is 285 Å². The molecule has 20 nitrogen and oxygen atoms in total. The van der Waals surface area contributed by atoms with Crippen LogP contribution in [-0.2, 0) is 59.8 Å². The third-order valence-electron chi connectivity index (χ3n) is 9.14. The third-order valence-corrected chi connectivity index (χ3v) is 9.14. The smallest absolute Gasteiger partial charge is 0.437 e. The molecule has 4 aromatic carbocycles. The van der Waals surface area contributed by atoms with Crippen molar-refractivity contribution in [2.45, 2.75) is 64.2 Å². The van der Waals surface area contributed by atoms with Crippen molar-refractivity contribution in [3.63, 3.8) is 0 Å². The zero-order valence-electron chi connectivity index (χ0n) is 36.0. The van der Waals surface area contributed by atoms with Crippen LogP contribution in [-0.4, -0.2) is 91.0 Å². The van der Waals surface area contributed by atoms with Crippen LogP contribution in [0.2, 0.25) is 0 Å². The van der Waals surface area contributed by atoms with Gasteiger partial charge in [0.15, 0.2) is 5.96 Å². The van der Waals surface area contributed by atoms with Crippen molar-refractivity contribution in [1.82, 2.24) is 26.2 Å². The number of benzene rings is 4. The molecule has 0 bridgehead atoms. The number of carbonyl (C=O) groups is 7. The molecule has 66 heavy (non-hydrogen) atoms. The number of ether oxygens (including phenoxy) is 4. The number of hydrogen-bond donors (Lipinski definition) is 6. The van der Waals surface area contributed by atoms with E-state index in [-0.39, 0.29) is 71.2 Å². The van der Waals surface area contributed by atoms with Gasteiger partial charge in [-0.05, 0) is 47.9 Å². The summed E-state index contributed by atoms with van der Waals surface area (Å²) in [5, 5.41) is 9.74. The average Bonchev–Trinajstić information content (AvgIpc) is 3.33. The molecule has 0 fully saturated rings. The number of carbonyl (C=O) groups excluding carboxylic acids is 7. The van der Waals surface area contributed by atoms with Gasteiger partial charge in [-0.1, -0.05) is 121 Å². The van der Waals surface area contributed by atoms with Crippen molar-refractivity contribution in [3.8, 4) is 0 Å². The Morgan fingerprint density at radius 3 is 1.65 bits per heavy atom. The van der Waals surface area contributed by atoms with Gasteiger partial charge in [0, 0.05) is 13.1 Å². The van der Waals surface area contributed by atoms with Crippen molar-refractivity contribution in [2.75, 3.05) is 19.6 Å². The summed E-state index contributed by atoms with van der Waals surface area (Å²) in [6, 6.07) is 33.2. The number of amides is 6. The van der Waals surface area contributed by atoms with Crippen LogP contribution in [0.4, 0.5) is 19.2 Å². The number of hydrogen-bond acceptors (Lipinski definition) is 12.